The Morgan fingerprint density at radius 2 is 1.14 bits per heavy atom. The van der Waals surface area contributed by atoms with Crippen molar-refractivity contribution in [3.05, 3.63) is 11.6 Å². The lowest BCUT2D eigenvalue weighted by molar-refractivity contribution is -0.154. The average molecular weight is 399 g/mol. The van der Waals surface area contributed by atoms with Crippen molar-refractivity contribution < 1.29 is 28.7 Å². The number of allylic oxidation sites excluding steroid dienone is 1. The van der Waals surface area contributed by atoms with Crippen LogP contribution in [-0.2, 0) is 28.7 Å². The number of carbonyl (C=O) groups is 4. The molecule has 0 heterocycles. The van der Waals surface area contributed by atoms with Gasteiger partial charge in [-0.2, -0.15) is 0 Å². The van der Waals surface area contributed by atoms with Crippen LogP contribution in [0.4, 0.5) is 0 Å². The largest absolute Gasteiger partial charge is 0.459 e. The van der Waals surface area contributed by atoms with E-state index in [0.29, 0.717) is 6.42 Å². The van der Waals surface area contributed by atoms with E-state index in [1.54, 1.807) is 41.5 Å². The Bertz CT molecular complexity index is 563. The van der Waals surface area contributed by atoms with Crippen LogP contribution in [0.5, 0.6) is 0 Å². The summed E-state index contributed by atoms with van der Waals surface area (Å²) in [5.41, 5.74) is -1.52. The summed E-state index contributed by atoms with van der Waals surface area (Å²) in [6, 6.07) is 0. The number of ether oxygens (including phenoxy) is 2. The molecule has 2 N–H and O–H groups in total. The second-order valence-electron chi connectivity index (χ2n) is 8.79. The van der Waals surface area contributed by atoms with Crippen LogP contribution >= 0.6 is 0 Å². The molecule has 0 aliphatic rings. The summed E-state index contributed by atoms with van der Waals surface area (Å²) in [6.45, 7) is 13.4. The average Bonchev–Trinajstić information content (AvgIpc) is 2.47. The molecule has 0 radical (unpaired) electrons. The zero-order valence-electron chi connectivity index (χ0n) is 18.2. The number of rotatable bonds is 8. The van der Waals surface area contributed by atoms with Crippen LogP contribution in [0, 0.1) is 5.92 Å². The molecule has 0 atom stereocenters. The smallest absolute Gasteiger partial charge is 0.325 e. The number of nitrogens with one attached hydrogen (secondary N) is 2. The maximum atomic E-state index is 12.4. The lowest BCUT2D eigenvalue weighted by Crippen LogP contribution is -2.41. The van der Waals surface area contributed by atoms with Crippen molar-refractivity contribution in [3.8, 4) is 0 Å². The Hall–Kier alpha value is -2.38. The quantitative estimate of drug-likeness (QED) is 0.279. The predicted molar refractivity (Wildman–Crippen MR) is 105 cm³/mol. The fraction of sp³-hybridized carbons (Fsp3) is 0.700. The molecule has 8 nitrogen and oxygen atoms in total. The molecule has 2 amide bonds. The third-order valence-electron chi connectivity index (χ3n) is 2.91. The third-order valence-corrected chi connectivity index (χ3v) is 2.91. The maximum Gasteiger partial charge on any atom is 0.325 e. The Morgan fingerprint density at radius 3 is 1.43 bits per heavy atom. The van der Waals surface area contributed by atoms with Crippen molar-refractivity contribution in [2.45, 2.75) is 73.0 Å². The molecule has 0 saturated heterocycles. The molecule has 0 saturated carbocycles. The molecule has 0 fully saturated rings. The molecular formula is C20H34N2O6. The number of carbonyl (C=O) groups excluding carboxylic acids is 4. The molecule has 0 aromatic rings. The Labute approximate surface area is 167 Å². The molecule has 28 heavy (non-hydrogen) atoms. The number of hydrogen-bond acceptors (Lipinski definition) is 6. The van der Waals surface area contributed by atoms with Gasteiger partial charge in [-0.1, -0.05) is 19.9 Å². The van der Waals surface area contributed by atoms with Crippen molar-refractivity contribution in [3.63, 3.8) is 0 Å². The van der Waals surface area contributed by atoms with Crippen molar-refractivity contribution in [2.24, 2.45) is 5.92 Å². The number of amides is 2. The van der Waals surface area contributed by atoms with Gasteiger partial charge in [-0.15, -0.1) is 0 Å². The van der Waals surface area contributed by atoms with Gasteiger partial charge >= 0.3 is 11.9 Å². The lowest BCUT2D eigenvalue weighted by Gasteiger charge is -2.20. The zero-order valence-corrected chi connectivity index (χ0v) is 18.2. The fourth-order valence-corrected chi connectivity index (χ4v) is 1.89. The van der Waals surface area contributed by atoms with E-state index in [4.69, 9.17) is 9.47 Å². The third kappa shape index (κ3) is 12.9. The fourth-order valence-electron chi connectivity index (χ4n) is 1.89. The van der Waals surface area contributed by atoms with Crippen LogP contribution in [-0.4, -0.2) is 48.0 Å². The van der Waals surface area contributed by atoms with Gasteiger partial charge in [0.05, 0.1) is 0 Å². The first kappa shape index (κ1) is 25.6. The van der Waals surface area contributed by atoms with Gasteiger partial charge in [0, 0.05) is 0 Å². The molecule has 0 aliphatic heterocycles. The predicted octanol–water partition coefficient (Wildman–Crippen LogP) is 1.87. The summed E-state index contributed by atoms with van der Waals surface area (Å²) < 4.78 is 10.2. The van der Waals surface area contributed by atoms with Crippen LogP contribution in [0.15, 0.2) is 11.6 Å². The summed E-state index contributed by atoms with van der Waals surface area (Å²) in [4.78, 5) is 48.3. The van der Waals surface area contributed by atoms with E-state index >= 15 is 0 Å². The minimum absolute atomic E-state index is 0.166. The van der Waals surface area contributed by atoms with Crippen LogP contribution in [0.1, 0.15) is 61.8 Å². The van der Waals surface area contributed by atoms with E-state index in [1.807, 2.05) is 13.8 Å². The van der Waals surface area contributed by atoms with Crippen LogP contribution in [0.2, 0.25) is 0 Å². The summed E-state index contributed by atoms with van der Waals surface area (Å²) in [7, 11) is 0. The van der Waals surface area contributed by atoms with Crippen molar-refractivity contribution in [2.75, 3.05) is 13.1 Å². The molecule has 0 spiro atoms. The highest BCUT2D eigenvalue weighted by Crippen LogP contribution is 2.09. The molecule has 0 aromatic heterocycles. The van der Waals surface area contributed by atoms with Gasteiger partial charge in [-0.3, -0.25) is 19.2 Å². The van der Waals surface area contributed by atoms with Gasteiger partial charge in [0.2, 0.25) is 0 Å². The van der Waals surface area contributed by atoms with Crippen molar-refractivity contribution in [1.29, 1.82) is 0 Å². The highest BCUT2D eigenvalue weighted by atomic mass is 16.6. The zero-order chi connectivity index (χ0) is 22.1. The van der Waals surface area contributed by atoms with Gasteiger partial charge in [-0.05, 0) is 53.9 Å². The molecule has 160 valence electrons. The molecule has 0 aliphatic carbocycles. The SMILES string of the molecule is CC(C)CC=C(C(=O)NCC(=O)OC(C)(C)C)C(=O)NCC(=O)OC(C)(C)C. The van der Waals surface area contributed by atoms with Gasteiger partial charge in [0.15, 0.2) is 0 Å². The number of esters is 2. The minimum atomic E-state index is -0.715. The first-order valence-electron chi connectivity index (χ1n) is 9.31. The van der Waals surface area contributed by atoms with E-state index in [0.717, 1.165) is 0 Å². The van der Waals surface area contributed by atoms with E-state index in [1.165, 1.54) is 6.08 Å². The number of hydrogen-bond donors (Lipinski definition) is 2. The van der Waals surface area contributed by atoms with Gasteiger partial charge in [-0.25, -0.2) is 0 Å². The highest BCUT2D eigenvalue weighted by Gasteiger charge is 2.23. The van der Waals surface area contributed by atoms with Gasteiger partial charge in [0.25, 0.3) is 11.8 Å². The standard InChI is InChI=1S/C20H34N2O6/c1-13(2)9-10-14(17(25)21-11-15(23)27-19(3,4)5)18(26)22-12-16(24)28-20(6,7)8/h10,13H,9,11-12H2,1-8H3,(H,21,25)(H,22,26). The molecule has 0 aromatic carbocycles. The van der Waals surface area contributed by atoms with Crippen LogP contribution in [0.3, 0.4) is 0 Å². The van der Waals surface area contributed by atoms with Gasteiger partial charge in [0.1, 0.15) is 29.9 Å². The first-order valence-corrected chi connectivity index (χ1v) is 9.31. The highest BCUT2D eigenvalue weighted by molar-refractivity contribution is 6.19. The molecule has 0 unspecified atom stereocenters. The normalized spacial score (nSPS) is 11.5. The first-order chi connectivity index (χ1) is 12.6. The van der Waals surface area contributed by atoms with Crippen LogP contribution < -0.4 is 10.6 Å². The van der Waals surface area contributed by atoms with Gasteiger partial charge < -0.3 is 20.1 Å². The van der Waals surface area contributed by atoms with Crippen molar-refractivity contribution in [1.82, 2.24) is 10.6 Å². The van der Waals surface area contributed by atoms with E-state index in [2.05, 4.69) is 10.6 Å². The summed E-state index contributed by atoms with van der Waals surface area (Å²) in [5, 5.41) is 4.75. The maximum absolute atomic E-state index is 12.4. The Kier molecular flexibility index (Phi) is 9.91. The Morgan fingerprint density at radius 1 is 0.786 bits per heavy atom. The lowest BCUT2D eigenvalue weighted by atomic mass is 10.1. The second-order valence-corrected chi connectivity index (χ2v) is 8.79. The summed E-state index contributed by atoms with van der Waals surface area (Å²) in [6.07, 6.45) is 1.97. The molecular weight excluding hydrogens is 364 g/mol. The monoisotopic (exact) mass is 398 g/mol. The van der Waals surface area contributed by atoms with E-state index in [-0.39, 0.29) is 24.6 Å². The molecule has 0 bridgehead atoms. The van der Waals surface area contributed by atoms with Crippen LogP contribution in [0.25, 0.3) is 0 Å². The summed E-state index contributed by atoms with van der Waals surface area (Å²) >= 11 is 0. The topological polar surface area (TPSA) is 111 Å². The Balaban J connectivity index is 4.95. The molecule has 8 heteroatoms. The van der Waals surface area contributed by atoms with Crippen molar-refractivity contribution >= 4 is 23.8 Å². The summed E-state index contributed by atoms with van der Waals surface area (Å²) in [5.74, 6) is -2.44. The molecule has 0 rings (SSSR count). The van der Waals surface area contributed by atoms with E-state index in [9.17, 15) is 19.2 Å². The second kappa shape index (κ2) is 10.8. The van der Waals surface area contributed by atoms with E-state index < -0.39 is 35.0 Å². The minimum Gasteiger partial charge on any atom is -0.459 e.